The Hall–Kier alpha value is -3.68. The zero-order valence-electron chi connectivity index (χ0n) is 15.5. The first-order valence-electron chi connectivity index (χ1n) is 8.82. The van der Waals surface area contributed by atoms with Crippen LogP contribution in [0.3, 0.4) is 0 Å². The van der Waals surface area contributed by atoms with E-state index in [2.05, 4.69) is 20.7 Å². The molecule has 1 aliphatic rings. The van der Waals surface area contributed by atoms with Gasteiger partial charge in [0.15, 0.2) is 5.82 Å². The third-order valence-electron chi connectivity index (χ3n) is 4.51. The van der Waals surface area contributed by atoms with Gasteiger partial charge in [-0.1, -0.05) is 35.9 Å². The number of ether oxygens (including phenoxy) is 1. The van der Waals surface area contributed by atoms with Gasteiger partial charge in [-0.15, -0.1) is 5.10 Å². The summed E-state index contributed by atoms with van der Waals surface area (Å²) in [5.74, 6) is 0.724. The molecule has 2 N–H and O–H groups in total. The summed E-state index contributed by atoms with van der Waals surface area (Å²) < 4.78 is 6.64. The van der Waals surface area contributed by atoms with Crippen molar-refractivity contribution in [2.24, 2.45) is 0 Å². The van der Waals surface area contributed by atoms with E-state index in [4.69, 9.17) is 4.74 Å². The average molecular weight is 377 g/mol. The van der Waals surface area contributed by atoms with Crippen molar-refractivity contribution in [3.05, 3.63) is 54.1 Å². The minimum absolute atomic E-state index is 0.0144. The molecule has 2 aromatic carbocycles. The number of amides is 2. The lowest BCUT2D eigenvalue weighted by Crippen LogP contribution is -2.36. The molecule has 0 saturated carbocycles. The quantitative estimate of drug-likeness (QED) is 0.729. The van der Waals surface area contributed by atoms with Gasteiger partial charge in [-0.25, -0.2) is 4.68 Å². The maximum absolute atomic E-state index is 12.8. The molecule has 3 aromatic rings. The Balaban J connectivity index is 1.63. The van der Waals surface area contributed by atoms with Crippen LogP contribution >= 0.6 is 0 Å². The van der Waals surface area contributed by atoms with Crippen molar-refractivity contribution in [1.82, 2.24) is 14.8 Å². The number of fused-ring (bicyclic) bond motifs is 1. The fourth-order valence-electron chi connectivity index (χ4n) is 3.02. The van der Waals surface area contributed by atoms with E-state index in [-0.39, 0.29) is 24.2 Å². The van der Waals surface area contributed by atoms with Crippen LogP contribution in [0.2, 0.25) is 0 Å². The van der Waals surface area contributed by atoms with Gasteiger partial charge in [-0.2, -0.15) is 4.98 Å². The van der Waals surface area contributed by atoms with Crippen molar-refractivity contribution in [2.75, 3.05) is 17.7 Å². The molecular formula is C20H19N5O3. The lowest BCUT2D eigenvalue weighted by Gasteiger charge is -2.22. The van der Waals surface area contributed by atoms with Crippen molar-refractivity contribution >= 4 is 23.5 Å². The van der Waals surface area contributed by atoms with Gasteiger partial charge >= 0.3 is 0 Å². The second-order valence-electron chi connectivity index (χ2n) is 6.56. The SMILES string of the molecule is COc1cccc(NC(=O)[C@@H]2CC(=O)Nc3nc(-c4ccc(C)cc4)nn32)c1. The fourth-order valence-corrected chi connectivity index (χ4v) is 3.02. The number of nitrogens with one attached hydrogen (secondary N) is 2. The van der Waals surface area contributed by atoms with Crippen LogP contribution in [0.25, 0.3) is 11.4 Å². The highest BCUT2D eigenvalue weighted by atomic mass is 16.5. The summed E-state index contributed by atoms with van der Waals surface area (Å²) in [6, 6.07) is 14.0. The van der Waals surface area contributed by atoms with Gasteiger partial charge in [0.25, 0.3) is 0 Å². The predicted octanol–water partition coefficient (Wildman–Crippen LogP) is 2.78. The molecule has 2 amide bonds. The number of nitrogens with zero attached hydrogens (tertiary/aromatic N) is 3. The van der Waals surface area contributed by atoms with Gasteiger partial charge in [0.2, 0.25) is 17.8 Å². The van der Waals surface area contributed by atoms with Gasteiger partial charge in [-0.3, -0.25) is 14.9 Å². The third-order valence-corrected chi connectivity index (χ3v) is 4.51. The second kappa shape index (κ2) is 7.15. The lowest BCUT2D eigenvalue weighted by molar-refractivity contribution is -0.125. The van der Waals surface area contributed by atoms with Crippen LogP contribution in [-0.4, -0.2) is 33.7 Å². The Labute approximate surface area is 161 Å². The van der Waals surface area contributed by atoms with Crippen molar-refractivity contribution < 1.29 is 14.3 Å². The largest absolute Gasteiger partial charge is 0.497 e. The molecular weight excluding hydrogens is 358 g/mol. The number of benzene rings is 2. The second-order valence-corrected chi connectivity index (χ2v) is 6.56. The number of methoxy groups -OCH3 is 1. The first kappa shape index (κ1) is 17.7. The van der Waals surface area contributed by atoms with Crippen molar-refractivity contribution in [3.8, 4) is 17.1 Å². The van der Waals surface area contributed by atoms with Crippen LogP contribution in [0.1, 0.15) is 18.0 Å². The third kappa shape index (κ3) is 3.44. The predicted molar refractivity (Wildman–Crippen MR) is 104 cm³/mol. The standard InChI is InChI=1S/C20H19N5O3/c1-12-6-8-13(9-7-12)18-23-20-22-17(26)11-16(25(20)24-18)19(27)21-14-4-3-5-15(10-14)28-2/h3-10,16H,11H2,1-2H3,(H,21,27)(H,22,23,24,26)/t16-/m0/s1. The fraction of sp³-hybridized carbons (Fsp3) is 0.200. The van der Waals surface area contributed by atoms with Crippen LogP contribution < -0.4 is 15.4 Å². The molecule has 8 heteroatoms. The Bertz CT molecular complexity index is 1040. The minimum Gasteiger partial charge on any atom is -0.497 e. The van der Waals surface area contributed by atoms with E-state index < -0.39 is 6.04 Å². The minimum atomic E-state index is -0.790. The van der Waals surface area contributed by atoms with Gasteiger partial charge < -0.3 is 10.1 Å². The Kier molecular flexibility index (Phi) is 4.52. The number of carbonyl (C=O) groups excluding carboxylic acids is 2. The molecule has 0 unspecified atom stereocenters. The number of carbonyl (C=O) groups is 2. The van der Waals surface area contributed by atoms with Crippen LogP contribution in [-0.2, 0) is 9.59 Å². The summed E-state index contributed by atoms with van der Waals surface area (Å²) in [5, 5.41) is 9.96. The van der Waals surface area contributed by atoms with Gasteiger partial charge in [0.05, 0.1) is 13.5 Å². The number of hydrogen-bond acceptors (Lipinski definition) is 5. The summed E-state index contributed by atoms with van der Waals surface area (Å²) in [7, 11) is 1.56. The number of rotatable bonds is 4. The van der Waals surface area contributed by atoms with Crippen LogP contribution in [0.5, 0.6) is 5.75 Å². The summed E-state index contributed by atoms with van der Waals surface area (Å²) in [6.07, 6.45) is -0.0144. The number of aromatic nitrogens is 3. The zero-order chi connectivity index (χ0) is 19.7. The molecule has 4 rings (SSSR count). The first-order chi connectivity index (χ1) is 13.5. The van der Waals surface area contributed by atoms with Crippen molar-refractivity contribution in [2.45, 2.75) is 19.4 Å². The van der Waals surface area contributed by atoms with Crippen LogP contribution in [0, 0.1) is 6.92 Å². The highest BCUT2D eigenvalue weighted by Gasteiger charge is 2.33. The highest BCUT2D eigenvalue weighted by Crippen LogP contribution is 2.28. The molecule has 8 nitrogen and oxygen atoms in total. The number of hydrogen-bond donors (Lipinski definition) is 2. The van der Waals surface area contributed by atoms with Gasteiger partial charge in [0, 0.05) is 17.3 Å². The van der Waals surface area contributed by atoms with E-state index >= 15 is 0 Å². The molecule has 1 aromatic heterocycles. The average Bonchev–Trinajstić information content (AvgIpc) is 3.11. The highest BCUT2D eigenvalue weighted by molar-refractivity contribution is 6.00. The van der Waals surface area contributed by atoms with Crippen molar-refractivity contribution in [3.63, 3.8) is 0 Å². The first-order valence-corrected chi connectivity index (χ1v) is 8.82. The van der Waals surface area contributed by atoms with E-state index in [0.717, 1.165) is 11.1 Å². The number of anilines is 2. The maximum atomic E-state index is 12.8. The summed E-state index contributed by atoms with van der Waals surface area (Å²) in [5.41, 5.74) is 2.51. The molecule has 28 heavy (non-hydrogen) atoms. The van der Waals surface area contributed by atoms with Crippen molar-refractivity contribution in [1.29, 1.82) is 0 Å². The summed E-state index contributed by atoms with van der Waals surface area (Å²) >= 11 is 0. The molecule has 1 atom stereocenters. The molecule has 0 bridgehead atoms. The molecule has 0 fully saturated rings. The normalized spacial score (nSPS) is 15.5. The molecule has 1 aliphatic heterocycles. The van der Waals surface area contributed by atoms with E-state index in [1.165, 1.54) is 4.68 Å². The topological polar surface area (TPSA) is 98.1 Å². The summed E-state index contributed by atoms with van der Waals surface area (Å²) in [6.45, 7) is 1.99. The molecule has 0 radical (unpaired) electrons. The Morgan fingerprint density at radius 2 is 2.04 bits per heavy atom. The monoisotopic (exact) mass is 377 g/mol. The van der Waals surface area contributed by atoms with Gasteiger partial charge in [-0.05, 0) is 19.1 Å². The molecule has 2 heterocycles. The van der Waals surface area contributed by atoms with Gasteiger partial charge in [0.1, 0.15) is 11.8 Å². The van der Waals surface area contributed by atoms with E-state index in [0.29, 0.717) is 17.3 Å². The molecule has 142 valence electrons. The molecule has 0 saturated heterocycles. The summed E-state index contributed by atoms with van der Waals surface area (Å²) in [4.78, 5) is 29.3. The lowest BCUT2D eigenvalue weighted by atomic mass is 10.1. The van der Waals surface area contributed by atoms with E-state index in [9.17, 15) is 9.59 Å². The Morgan fingerprint density at radius 3 is 2.79 bits per heavy atom. The van der Waals surface area contributed by atoms with Crippen LogP contribution in [0.15, 0.2) is 48.5 Å². The Morgan fingerprint density at radius 1 is 1.25 bits per heavy atom. The number of aryl methyl sites for hydroxylation is 1. The van der Waals surface area contributed by atoms with Crippen LogP contribution in [0.4, 0.5) is 11.6 Å². The molecule has 0 spiro atoms. The van der Waals surface area contributed by atoms with E-state index in [1.807, 2.05) is 31.2 Å². The smallest absolute Gasteiger partial charge is 0.249 e. The zero-order valence-corrected chi connectivity index (χ0v) is 15.5. The maximum Gasteiger partial charge on any atom is 0.249 e. The molecule has 0 aliphatic carbocycles. The van der Waals surface area contributed by atoms with E-state index in [1.54, 1.807) is 31.4 Å².